The molecule has 2 rings (SSSR count). The zero-order valence-electron chi connectivity index (χ0n) is 16.9. The van der Waals surface area contributed by atoms with Crippen LogP contribution < -0.4 is 5.32 Å². The van der Waals surface area contributed by atoms with Crippen LogP contribution in [0.2, 0.25) is 5.02 Å². The van der Waals surface area contributed by atoms with E-state index in [0.29, 0.717) is 13.2 Å². The second-order valence-corrected chi connectivity index (χ2v) is 7.17. The Morgan fingerprint density at radius 1 is 1.21 bits per heavy atom. The van der Waals surface area contributed by atoms with Crippen LogP contribution in [-0.4, -0.2) is 93.6 Å². The first-order valence-electron chi connectivity index (χ1n) is 9.18. The molecule has 0 bridgehead atoms. The number of carbonyl (C=O) groups is 1. The zero-order valence-corrected chi connectivity index (χ0v) is 19.9. The first-order chi connectivity index (χ1) is 13.0. The molecule has 0 radical (unpaired) electrons. The van der Waals surface area contributed by atoms with E-state index in [2.05, 4.69) is 32.2 Å². The van der Waals surface area contributed by atoms with Gasteiger partial charge in [0.15, 0.2) is 5.96 Å². The number of likely N-dealkylation sites (N-methyl/N-ethyl adjacent to an activating group) is 1. The molecule has 7 nitrogen and oxygen atoms in total. The van der Waals surface area contributed by atoms with Gasteiger partial charge in [0.1, 0.15) is 6.54 Å². The Kier molecular flexibility index (Phi) is 11.7. The lowest BCUT2D eigenvalue weighted by Gasteiger charge is -2.36. The second kappa shape index (κ2) is 13.2. The molecule has 1 aliphatic rings. The number of rotatable bonds is 7. The molecular weight excluding hydrogens is 493 g/mol. The van der Waals surface area contributed by atoms with E-state index in [1.807, 2.05) is 12.1 Å². The van der Waals surface area contributed by atoms with Gasteiger partial charge in [-0.2, -0.15) is 0 Å². The van der Waals surface area contributed by atoms with Gasteiger partial charge in [0.05, 0.1) is 6.61 Å². The van der Waals surface area contributed by atoms with Crippen molar-refractivity contribution < 1.29 is 9.53 Å². The van der Waals surface area contributed by atoms with Gasteiger partial charge in [0.2, 0.25) is 5.91 Å². The van der Waals surface area contributed by atoms with E-state index in [1.54, 1.807) is 26.1 Å². The Hall–Kier alpha value is -1.10. The molecule has 0 unspecified atom stereocenters. The summed E-state index contributed by atoms with van der Waals surface area (Å²) in [6.45, 7) is 5.92. The summed E-state index contributed by atoms with van der Waals surface area (Å²) in [7, 11) is 5.15. The fourth-order valence-electron chi connectivity index (χ4n) is 2.78. The number of carbonyl (C=O) groups excluding carboxylic acids is 1. The number of hydrogen-bond donors (Lipinski definition) is 1. The summed E-state index contributed by atoms with van der Waals surface area (Å²) in [5.41, 5.74) is 1.26. The third-order valence-corrected chi connectivity index (χ3v) is 4.70. The fourth-order valence-corrected chi connectivity index (χ4v) is 2.91. The number of hydrogen-bond acceptors (Lipinski definition) is 4. The normalized spacial score (nSPS) is 15.1. The van der Waals surface area contributed by atoms with Crippen LogP contribution in [-0.2, 0) is 16.1 Å². The van der Waals surface area contributed by atoms with Gasteiger partial charge in [-0.3, -0.25) is 9.69 Å². The topological polar surface area (TPSA) is 60.4 Å². The average Bonchev–Trinajstić information content (AvgIpc) is 2.67. The van der Waals surface area contributed by atoms with E-state index >= 15 is 0 Å². The molecule has 0 atom stereocenters. The molecule has 1 fully saturated rings. The summed E-state index contributed by atoms with van der Waals surface area (Å²) in [5.74, 6) is 0.760. The van der Waals surface area contributed by atoms with Crippen molar-refractivity contribution in [3.63, 3.8) is 0 Å². The highest BCUT2D eigenvalue weighted by Crippen LogP contribution is 2.13. The molecule has 1 amide bonds. The average molecular weight is 524 g/mol. The van der Waals surface area contributed by atoms with Crippen LogP contribution in [0.3, 0.4) is 0 Å². The first-order valence-corrected chi connectivity index (χ1v) is 9.56. The van der Waals surface area contributed by atoms with Crippen LogP contribution in [0.25, 0.3) is 0 Å². The molecule has 28 heavy (non-hydrogen) atoms. The molecule has 0 saturated carbocycles. The maximum absolute atomic E-state index is 11.9. The van der Waals surface area contributed by atoms with E-state index in [9.17, 15) is 4.79 Å². The minimum atomic E-state index is -0.0117. The second-order valence-electron chi connectivity index (χ2n) is 6.74. The predicted octanol–water partition coefficient (Wildman–Crippen LogP) is 1.76. The van der Waals surface area contributed by atoms with Crippen LogP contribution in [0.5, 0.6) is 0 Å². The lowest BCUT2D eigenvalue weighted by molar-refractivity contribution is -0.127. The maximum atomic E-state index is 11.9. The zero-order chi connectivity index (χ0) is 19.6. The van der Waals surface area contributed by atoms with Crippen LogP contribution in [0.4, 0.5) is 0 Å². The van der Waals surface area contributed by atoms with Crippen LogP contribution in [0, 0.1) is 0 Å². The Morgan fingerprint density at radius 2 is 1.86 bits per heavy atom. The third-order valence-electron chi connectivity index (χ3n) is 4.44. The van der Waals surface area contributed by atoms with E-state index in [0.717, 1.165) is 43.7 Å². The highest BCUT2D eigenvalue weighted by atomic mass is 127. The molecule has 1 heterocycles. The van der Waals surface area contributed by atoms with Gasteiger partial charge in [-0.05, 0) is 17.7 Å². The molecule has 158 valence electrons. The number of benzene rings is 1. The molecule has 1 aromatic carbocycles. The maximum Gasteiger partial charge on any atom is 0.243 e. The molecule has 1 saturated heterocycles. The number of halogens is 2. The minimum absolute atomic E-state index is 0. The summed E-state index contributed by atoms with van der Waals surface area (Å²) in [5, 5.41) is 4.07. The van der Waals surface area contributed by atoms with Crippen LogP contribution in [0.15, 0.2) is 29.3 Å². The highest BCUT2D eigenvalue weighted by Gasteiger charge is 2.20. The van der Waals surface area contributed by atoms with Crippen molar-refractivity contribution in [1.82, 2.24) is 20.0 Å². The van der Waals surface area contributed by atoms with Crippen molar-refractivity contribution in [2.45, 2.75) is 6.54 Å². The number of nitrogens with one attached hydrogen (secondary N) is 1. The van der Waals surface area contributed by atoms with Gasteiger partial charge in [-0.25, -0.2) is 4.99 Å². The molecule has 0 aliphatic carbocycles. The van der Waals surface area contributed by atoms with E-state index in [-0.39, 0.29) is 36.4 Å². The van der Waals surface area contributed by atoms with Crippen LogP contribution >= 0.6 is 35.6 Å². The van der Waals surface area contributed by atoms with E-state index in [1.165, 1.54) is 5.56 Å². The first kappa shape index (κ1) is 24.9. The number of piperazine rings is 1. The van der Waals surface area contributed by atoms with Crippen molar-refractivity contribution in [3.05, 3.63) is 34.9 Å². The molecular formula is C19H31ClIN5O2. The monoisotopic (exact) mass is 523 g/mol. The lowest BCUT2D eigenvalue weighted by atomic mass is 10.2. The molecule has 0 aromatic heterocycles. The molecule has 1 aliphatic heterocycles. The Balaban J connectivity index is 0.00000392. The van der Waals surface area contributed by atoms with Gasteiger partial charge in [0, 0.05) is 65.5 Å². The summed E-state index contributed by atoms with van der Waals surface area (Å²) in [6.07, 6.45) is 0. The fraction of sp³-hybridized carbons (Fsp3) is 0.579. The Morgan fingerprint density at radius 3 is 2.43 bits per heavy atom. The highest BCUT2D eigenvalue weighted by molar-refractivity contribution is 14.0. The SMILES string of the molecule is COCCNC(=NCC(=O)N(C)C)N1CCN(Cc2ccc(Cl)cc2)CC1.I. The lowest BCUT2D eigenvalue weighted by Crippen LogP contribution is -2.52. The molecule has 1 N–H and O–H groups in total. The number of aliphatic imine (C=N–C) groups is 1. The van der Waals surface area contributed by atoms with Crippen molar-refractivity contribution in [3.8, 4) is 0 Å². The Labute approximate surface area is 190 Å². The largest absolute Gasteiger partial charge is 0.383 e. The number of methoxy groups -OCH3 is 1. The van der Waals surface area contributed by atoms with Gasteiger partial charge >= 0.3 is 0 Å². The minimum Gasteiger partial charge on any atom is -0.383 e. The van der Waals surface area contributed by atoms with Gasteiger partial charge in [0.25, 0.3) is 0 Å². The van der Waals surface area contributed by atoms with E-state index < -0.39 is 0 Å². The third kappa shape index (κ3) is 8.50. The van der Waals surface area contributed by atoms with Gasteiger partial charge < -0.3 is 19.9 Å². The van der Waals surface area contributed by atoms with Gasteiger partial charge in [-0.1, -0.05) is 23.7 Å². The standard InChI is InChI=1S/C19H30ClN5O2.HI/c1-23(2)18(26)14-22-19(21-8-13-27-3)25-11-9-24(10-12-25)15-16-4-6-17(20)7-5-16;/h4-7H,8-15H2,1-3H3,(H,21,22);1H. The predicted molar refractivity (Wildman–Crippen MR) is 125 cm³/mol. The summed E-state index contributed by atoms with van der Waals surface area (Å²) in [6, 6.07) is 8.00. The van der Waals surface area contributed by atoms with Crippen molar-refractivity contribution in [2.24, 2.45) is 4.99 Å². The summed E-state index contributed by atoms with van der Waals surface area (Å²) in [4.78, 5) is 22.6. The number of ether oxygens (including phenoxy) is 1. The Bertz CT molecular complexity index is 619. The molecule has 0 spiro atoms. The summed E-state index contributed by atoms with van der Waals surface area (Å²) >= 11 is 5.96. The molecule has 9 heteroatoms. The molecule has 1 aromatic rings. The smallest absolute Gasteiger partial charge is 0.243 e. The van der Waals surface area contributed by atoms with Crippen molar-refractivity contribution in [2.75, 3.05) is 67.1 Å². The summed E-state index contributed by atoms with van der Waals surface area (Å²) < 4.78 is 5.11. The van der Waals surface area contributed by atoms with Gasteiger partial charge in [-0.15, -0.1) is 24.0 Å². The van der Waals surface area contributed by atoms with Crippen molar-refractivity contribution >= 4 is 47.4 Å². The number of nitrogens with zero attached hydrogens (tertiary/aromatic N) is 4. The quantitative estimate of drug-likeness (QED) is 0.255. The number of guanidine groups is 1. The van der Waals surface area contributed by atoms with Crippen molar-refractivity contribution in [1.29, 1.82) is 0 Å². The van der Waals surface area contributed by atoms with Crippen LogP contribution in [0.1, 0.15) is 5.56 Å². The number of amides is 1. The van der Waals surface area contributed by atoms with E-state index in [4.69, 9.17) is 16.3 Å².